The number of fused-ring (bicyclic) bond motifs is 10. The number of nitrogens with zero attached hydrogens (tertiary/aromatic N) is 4. The molecule has 14 rings (SSSR count). The van der Waals surface area contributed by atoms with Crippen LogP contribution in [-0.2, 0) is 0 Å². The number of aromatic nitrogens is 3. The summed E-state index contributed by atoms with van der Waals surface area (Å²) in [6.07, 6.45) is -0.753. The predicted octanol–water partition coefficient (Wildman–Crippen LogP) is 15.1. The average molecular weight is 885 g/mol. The Morgan fingerprint density at radius 1 is 0.362 bits per heavy atom. The molecule has 13 aromatic rings. The molecule has 4 heterocycles. The molecule has 326 valence electrons. The van der Waals surface area contributed by atoms with Crippen molar-refractivity contribution in [2.45, 2.75) is 12.5 Å². The van der Waals surface area contributed by atoms with Crippen LogP contribution >= 0.6 is 0 Å². The van der Waals surface area contributed by atoms with Crippen LogP contribution in [0.1, 0.15) is 23.6 Å². The third-order valence-electron chi connectivity index (χ3n) is 14.1. The summed E-state index contributed by atoms with van der Waals surface area (Å²) in [6, 6.07) is 87.6. The first-order valence-electron chi connectivity index (χ1n) is 23.7. The van der Waals surface area contributed by atoms with Gasteiger partial charge in [0.25, 0.3) is 0 Å². The molecule has 69 heavy (non-hydrogen) atoms. The number of aliphatic imine (C=N–C) groups is 1. The van der Waals surface area contributed by atoms with Crippen molar-refractivity contribution in [2.24, 2.45) is 4.99 Å². The molecular weight excluding hydrogens is 841 g/mol. The number of nitrogens with one attached hydrogen (secondary N) is 2. The van der Waals surface area contributed by atoms with E-state index >= 15 is 0 Å². The largest absolute Gasteiger partial charge is 0.337 e. The number of amidine groups is 1. The SMILES string of the molecule is c1ccc(-c2cccc(C3=NC(c4ccccc4)NC(n4c5ccccc5c5ccc6c7ccccc7n(-c7c(-c8ccccc8)ccc8c9ccccc9n(-c9ccccc9)c78)c6c54)N3)c2)cc1. The summed E-state index contributed by atoms with van der Waals surface area (Å²) >= 11 is 0. The maximum absolute atomic E-state index is 5.45. The number of hydrogen-bond donors (Lipinski definition) is 2. The second kappa shape index (κ2) is 15.8. The fraction of sp³-hybridized carbons (Fsp3) is 0.0317. The summed E-state index contributed by atoms with van der Waals surface area (Å²) in [5, 5.41) is 15.2. The highest BCUT2D eigenvalue weighted by atomic mass is 15.4. The van der Waals surface area contributed by atoms with Crippen molar-refractivity contribution < 1.29 is 0 Å². The zero-order valence-electron chi connectivity index (χ0n) is 37.5. The van der Waals surface area contributed by atoms with Crippen LogP contribution in [0.25, 0.3) is 99.0 Å². The number of hydrogen-bond acceptors (Lipinski definition) is 3. The number of para-hydroxylation sites is 4. The van der Waals surface area contributed by atoms with E-state index in [1.165, 1.54) is 37.9 Å². The van der Waals surface area contributed by atoms with Gasteiger partial charge < -0.3 is 19.0 Å². The van der Waals surface area contributed by atoms with Crippen LogP contribution in [0.5, 0.6) is 0 Å². The smallest absolute Gasteiger partial charge is 0.162 e. The van der Waals surface area contributed by atoms with Crippen LogP contribution in [0.2, 0.25) is 0 Å². The zero-order chi connectivity index (χ0) is 45.4. The third-order valence-corrected chi connectivity index (χ3v) is 14.1. The average Bonchev–Trinajstić information content (AvgIpc) is 4.07. The summed E-state index contributed by atoms with van der Waals surface area (Å²) < 4.78 is 7.56. The van der Waals surface area contributed by atoms with Crippen LogP contribution in [0.4, 0.5) is 0 Å². The van der Waals surface area contributed by atoms with Gasteiger partial charge in [0.2, 0.25) is 0 Å². The molecule has 6 nitrogen and oxygen atoms in total. The standard InChI is InChI=1S/C63H44N6/c1-5-20-41(21-6-1)44-26-19-27-45(40-44)62-64-61(43-24-9-3-10-25-43)65-63(66-62)69-56-35-18-15-32-50(56)53-39-38-52-49-31-14-17-34-55(49)68(59(52)60(53)69)57-47(42-22-7-2-8-23-42)36-37-51-48-30-13-16-33-54(48)67(58(51)57)46-28-11-4-12-29-46/h1-40,61,63,65H,(H,64,66). The molecule has 2 unspecified atom stereocenters. The molecule has 10 aromatic carbocycles. The zero-order valence-corrected chi connectivity index (χ0v) is 37.5. The number of rotatable bonds is 7. The Hall–Kier alpha value is -8.97. The quantitative estimate of drug-likeness (QED) is 0.168. The fourth-order valence-corrected chi connectivity index (χ4v) is 11.1. The fourth-order valence-electron chi connectivity index (χ4n) is 11.1. The molecule has 0 amide bonds. The Bertz CT molecular complexity index is 4130. The van der Waals surface area contributed by atoms with Crippen molar-refractivity contribution in [3.05, 3.63) is 254 Å². The van der Waals surface area contributed by atoms with Crippen LogP contribution in [-0.4, -0.2) is 19.5 Å². The molecule has 0 bridgehead atoms. The molecule has 2 N–H and O–H groups in total. The molecule has 2 atom stereocenters. The van der Waals surface area contributed by atoms with Gasteiger partial charge in [-0.05, 0) is 58.7 Å². The predicted molar refractivity (Wildman–Crippen MR) is 286 cm³/mol. The molecule has 1 aliphatic heterocycles. The van der Waals surface area contributed by atoms with Gasteiger partial charge in [-0.15, -0.1) is 0 Å². The molecule has 0 radical (unpaired) electrons. The molecule has 0 fully saturated rings. The van der Waals surface area contributed by atoms with Gasteiger partial charge in [-0.2, -0.15) is 0 Å². The van der Waals surface area contributed by atoms with Crippen LogP contribution in [0.3, 0.4) is 0 Å². The van der Waals surface area contributed by atoms with Gasteiger partial charge in [0.15, 0.2) is 6.29 Å². The minimum Gasteiger partial charge on any atom is -0.337 e. The first-order chi connectivity index (χ1) is 34.3. The lowest BCUT2D eigenvalue weighted by molar-refractivity contribution is 0.330. The Morgan fingerprint density at radius 2 is 0.870 bits per heavy atom. The van der Waals surface area contributed by atoms with E-state index in [1.54, 1.807) is 0 Å². The maximum Gasteiger partial charge on any atom is 0.162 e. The van der Waals surface area contributed by atoms with Gasteiger partial charge in [0, 0.05) is 49.1 Å². The summed E-state index contributed by atoms with van der Waals surface area (Å²) in [5.74, 6) is 0.826. The Labute approximate surface area is 398 Å². The van der Waals surface area contributed by atoms with Gasteiger partial charge >= 0.3 is 0 Å². The topological polar surface area (TPSA) is 51.2 Å². The Balaban J connectivity index is 1.11. The molecule has 0 spiro atoms. The molecule has 6 heteroatoms. The lowest BCUT2D eigenvalue weighted by Crippen LogP contribution is -2.47. The van der Waals surface area contributed by atoms with Crippen molar-refractivity contribution >= 4 is 71.3 Å². The maximum atomic E-state index is 5.45. The highest BCUT2D eigenvalue weighted by Crippen LogP contribution is 2.47. The normalized spacial score (nSPS) is 15.1. The van der Waals surface area contributed by atoms with Crippen LogP contribution in [0, 0.1) is 0 Å². The molecular formula is C63H44N6. The summed E-state index contributed by atoms with van der Waals surface area (Å²) in [6.45, 7) is 0. The van der Waals surface area contributed by atoms with E-state index in [9.17, 15) is 0 Å². The van der Waals surface area contributed by atoms with Gasteiger partial charge in [-0.3, -0.25) is 5.32 Å². The van der Waals surface area contributed by atoms with Gasteiger partial charge in [0.05, 0.1) is 38.8 Å². The second-order valence-electron chi connectivity index (χ2n) is 18.0. The van der Waals surface area contributed by atoms with Gasteiger partial charge in [-0.25, -0.2) is 4.99 Å². The Morgan fingerprint density at radius 3 is 1.57 bits per heavy atom. The summed E-state index contributed by atoms with van der Waals surface area (Å²) in [5.41, 5.74) is 15.8. The van der Waals surface area contributed by atoms with Gasteiger partial charge in [0.1, 0.15) is 12.0 Å². The summed E-state index contributed by atoms with van der Waals surface area (Å²) in [7, 11) is 0. The number of benzene rings is 10. The molecule has 0 saturated heterocycles. The molecule has 0 aliphatic carbocycles. The Kier molecular flexibility index (Phi) is 9.00. The van der Waals surface area contributed by atoms with Crippen molar-refractivity contribution in [1.82, 2.24) is 24.3 Å². The van der Waals surface area contributed by atoms with Gasteiger partial charge in [-0.1, -0.05) is 206 Å². The molecule has 1 aliphatic rings. The van der Waals surface area contributed by atoms with E-state index in [4.69, 9.17) is 4.99 Å². The third kappa shape index (κ3) is 6.20. The van der Waals surface area contributed by atoms with E-state index in [0.717, 1.165) is 78.1 Å². The van der Waals surface area contributed by atoms with E-state index in [1.807, 2.05) is 0 Å². The van der Waals surface area contributed by atoms with E-state index in [-0.39, 0.29) is 6.17 Å². The van der Waals surface area contributed by atoms with E-state index < -0.39 is 6.29 Å². The lowest BCUT2D eigenvalue weighted by Gasteiger charge is -2.34. The molecule has 3 aromatic heterocycles. The monoisotopic (exact) mass is 884 g/mol. The van der Waals surface area contributed by atoms with Crippen LogP contribution < -0.4 is 10.6 Å². The first kappa shape index (κ1) is 39.2. The highest BCUT2D eigenvalue weighted by Gasteiger charge is 2.31. The minimum absolute atomic E-state index is 0.339. The first-order valence-corrected chi connectivity index (χ1v) is 23.7. The minimum atomic E-state index is -0.414. The van der Waals surface area contributed by atoms with Crippen molar-refractivity contribution in [3.63, 3.8) is 0 Å². The van der Waals surface area contributed by atoms with E-state index in [2.05, 4.69) is 267 Å². The molecule has 0 saturated carbocycles. The van der Waals surface area contributed by atoms with Crippen molar-refractivity contribution in [3.8, 4) is 33.6 Å². The second-order valence-corrected chi connectivity index (χ2v) is 18.0. The van der Waals surface area contributed by atoms with E-state index in [0.29, 0.717) is 0 Å². The van der Waals surface area contributed by atoms with Crippen molar-refractivity contribution in [1.29, 1.82) is 0 Å². The highest BCUT2D eigenvalue weighted by molar-refractivity contribution is 6.25. The summed E-state index contributed by atoms with van der Waals surface area (Å²) in [4.78, 5) is 5.45. The van der Waals surface area contributed by atoms with Crippen LogP contribution in [0.15, 0.2) is 248 Å². The van der Waals surface area contributed by atoms with Crippen molar-refractivity contribution in [2.75, 3.05) is 0 Å². The lowest BCUT2D eigenvalue weighted by atomic mass is 10.00.